The van der Waals surface area contributed by atoms with Crippen LogP contribution in [0.4, 0.5) is 5.82 Å². The Labute approximate surface area is 100 Å². The SMILES string of the molecule is Clc1ncc(Cl)c(NCc2cncs2)n1. The minimum absolute atomic E-state index is 0.172. The molecule has 0 aliphatic carbocycles. The molecule has 2 rings (SSSR count). The van der Waals surface area contributed by atoms with Crippen molar-refractivity contribution in [1.82, 2.24) is 15.0 Å². The molecule has 0 aromatic carbocycles. The fourth-order valence-electron chi connectivity index (χ4n) is 0.970. The summed E-state index contributed by atoms with van der Waals surface area (Å²) in [6.45, 7) is 0.623. The zero-order valence-corrected chi connectivity index (χ0v) is 9.77. The van der Waals surface area contributed by atoms with E-state index in [9.17, 15) is 0 Å². The monoisotopic (exact) mass is 260 g/mol. The van der Waals surface area contributed by atoms with E-state index in [1.54, 1.807) is 23.0 Å². The van der Waals surface area contributed by atoms with Gasteiger partial charge in [-0.15, -0.1) is 11.3 Å². The van der Waals surface area contributed by atoms with E-state index in [0.29, 0.717) is 17.4 Å². The van der Waals surface area contributed by atoms with Crippen LogP contribution in [0.3, 0.4) is 0 Å². The predicted molar refractivity (Wildman–Crippen MR) is 61.5 cm³/mol. The summed E-state index contributed by atoms with van der Waals surface area (Å²) in [4.78, 5) is 12.8. The van der Waals surface area contributed by atoms with Gasteiger partial charge >= 0.3 is 0 Å². The molecule has 0 atom stereocenters. The van der Waals surface area contributed by atoms with Gasteiger partial charge in [0.05, 0.1) is 18.3 Å². The Kier molecular flexibility index (Phi) is 3.35. The molecule has 0 fully saturated rings. The molecule has 1 N–H and O–H groups in total. The number of nitrogens with one attached hydrogen (secondary N) is 1. The van der Waals surface area contributed by atoms with E-state index in [2.05, 4.69) is 20.3 Å². The molecule has 2 aromatic heterocycles. The standard InChI is InChI=1S/C8H6Cl2N4S/c9-6-3-13-8(10)14-7(6)12-2-5-1-11-4-15-5/h1,3-4H,2H2,(H,12,13,14). The van der Waals surface area contributed by atoms with Crippen LogP contribution in [0.25, 0.3) is 0 Å². The number of anilines is 1. The number of thiazole rings is 1. The van der Waals surface area contributed by atoms with Crippen LogP contribution in [0.1, 0.15) is 4.88 Å². The number of hydrogen-bond acceptors (Lipinski definition) is 5. The van der Waals surface area contributed by atoms with Crippen molar-refractivity contribution in [2.75, 3.05) is 5.32 Å². The Bertz CT molecular complexity index is 446. The topological polar surface area (TPSA) is 50.7 Å². The van der Waals surface area contributed by atoms with E-state index < -0.39 is 0 Å². The Hall–Kier alpha value is -0.910. The molecule has 0 unspecified atom stereocenters. The van der Waals surface area contributed by atoms with E-state index in [1.807, 2.05) is 0 Å². The highest BCUT2D eigenvalue weighted by Crippen LogP contribution is 2.20. The van der Waals surface area contributed by atoms with Crippen LogP contribution in [0.15, 0.2) is 17.9 Å². The van der Waals surface area contributed by atoms with E-state index in [-0.39, 0.29) is 5.28 Å². The lowest BCUT2D eigenvalue weighted by atomic mass is 10.5. The maximum atomic E-state index is 5.88. The molecule has 0 saturated carbocycles. The molecular weight excluding hydrogens is 255 g/mol. The summed E-state index contributed by atoms with van der Waals surface area (Å²) < 4.78 is 0. The van der Waals surface area contributed by atoms with Crippen LogP contribution in [0.5, 0.6) is 0 Å². The van der Waals surface area contributed by atoms with Gasteiger partial charge in [-0.05, 0) is 11.6 Å². The van der Waals surface area contributed by atoms with Crippen LogP contribution in [-0.2, 0) is 6.54 Å². The lowest BCUT2D eigenvalue weighted by Crippen LogP contribution is -2.01. The van der Waals surface area contributed by atoms with Crippen molar-refractivity contribution in [1.29, 1.82) is 0 Å². The Morgan fingerprint density at radius 2 is 2.20 bits per heavy atom. The highest BCUT2D eigenvalue weighted by atomic mass is 35.5. The van der Waals surface area contributed by atoms with Gasteiger partial charge in [-0.2, -0.15) is 4.98 Å². The van der Waals surface area contributed by atoms with Gasteiger partial charge in [-0.1, -0.05) is 11.6 Å². The van der Waals surface area contributed by atoms with Crippen LogP contribution in [0.2, 0.25) is 10.3 Å². The number of hydrogen-bond donors (Lipinski definition) is 1. The third kappa shape index (κ3) is 2.77. The van der Waals surface area contributed by atoms with E-state index in [1.165, 1.54) is 6.20 Å². The lowest BCUT2D eigenvalue weighted by Gasteiger charge is -2.04. The molecule has 2 aromatic rings. The molecule has 4 nitrogen and oxygen atoms in total. The largest absolute Gasteiger partial charge is 0.364 e. The Balaban J connectivity index is 2.07. The molecule has 0 aliphatic heterocycles. The summed E-state index contributed by atoms with van der Waals surface area (Å²) in [6, 6.07) is 0. The quantitative estimate of drug-likeness (QED) is 0.863. The Morgan fingerprint density at radius 1 is 1.33 bits per heavy atom. The number of nitrogens with zero attached hydrogens (tertiary/aromatic N) is 3. The predicted octanol–water partition coefficient (Wildman–Crippen LogP) is 2.85. The van der Waals surface area contributed by atoms with E-state index in [0.717, 1.165) is 4.88 Å². The number of aromatic nitrogens is 3. The van der Waals surface area contributed by atoms with Crippen LogP contribution in [-0.4, -0.2) is 15.0 Å². The van der Waals surface area contributed by atoms with Crippen molar-refractivity contribution in [2.24, 2.45) is 0 Å². The molecule has 0 spiro atoms. The molecule has 0 radical (unpaired) electrons. The van der Waals surface area contributed by atoms with Gasteiger partial charge in [0.1, 0.15) is 10.8 Å². The third-order valence-electron chi connectivity index (χ3n) is 1.63. The van der Waals surface area contributed by atoms with Gasteiger partial charge in [0.25, 0.3) is 0 Å². The molecule has 15 heavy (non-hydrogen) atoms. The molecule has 0 amide bonds. The maximum absolute atomic E-state index is 5.88. The van der Waals surface area contributed by atoms with Gasteiger partial charge in [0.2, 0.25) is 5.28 Å². The Morgan fingerprint density at radius 3 is 2.93 bits per heavy atom. The zero-order valence-electron chi connectivity index (χ0n) is 7.44. The molecule has 7 heteroatoms. The summed E-state index contributed by atoms with van der Waals surface area (Å²) in [5.41, 5.74) is 1.77. The summed E-state index contributed by atoms with van der Waals surface area (Å²) in [7, 11) is 0. The third-order valence-corrected chi connectivity index (χ3v) is 2.87. The maximum Gasteiger partial charge on any atom is 0.224 e. The average Bonchev–Trinajstić information content (AvgIpc) is 2.72. The fraction of sp³-hybridized carbons (Fsp3) is 0.125. The second-order valence-electron chi connectivity index (χ2n) is 2.66. The lowest BCUT2D eigenvalue weighted by molar-refractivity contribution is 1.09. The first kappa shape index (κ1) is 10.6. The van der Waals surface area contributed by atoms with Gasteiger partial charge in [-0.3, -0.25) is 4.98 Å². The minimum Gasteiger partial charge on any atom is -0.364 e. The van der Waals surface area contributed by atoms with Crippen molar-refractivity contribution in [2.45, 2.75) is 6.54 Å². The fourth-order valence-corrected chi connectivity index (χ4v) is 1.80. The van der Waals surface area contributed by atoms with Crippen molar-refractivity contribution in [3.63, 3.8) is 0 Å². The molecule has 78 valence electrons. The summed E-state index contributed by atoms with van der Waals surface area (Å²) in [6.07, 6.45) is 3.25. The first-order valence-electron chi connectivity index (χ1n) is 4.05. The molecule has 0 aliphatic rings. The average molecular weight is 261 g/mol. The zero-order chi connectivity index (χ0) is 10.7. The van der Waals surface area contributed by atoms with Crippen LogP contribution in [0, 0.1) is 0 Å². The van der Waals surface area contributed by atoms with Crippen molar-refractivity contribution in [3.05, 3.63) is 33.1 Å². The van der Waals surface area contributed by atoms with Gasteiger partial charge < -0.3 is 5.32 Å². The van der Waals surface area contributed by atoms with Gasteiger partial charge in [-0.25, -0.2) is 4.98 Å². The summed E-state index contributed by atoms with van der Waals surface area (Å²) in [5.74, 6) is 0.532. The first-order valence-corrected chi connectivity index (χ1v) is 5.68. The van der Waals surface area contributed by atoms with Crippen LogP contribution >= 0.6 is 34.5 Å². The highest BCUT2D eigenvalue weighted by molar-refractivity contribution is 7.09. The van der Waals surface area contributed by atoms with E-state index >= 15 is 0 Å². The highest BCUT2D eigenvalue weighted by Gasteiger charge is 2.04. The summed E-state index contributed by atoms with van der Waals surface area (Å²) in [5, 5.41) is 3.68. The van der Waals surface area contributed by atoms with Crippen molar-refractivity contribution >= 4 is 40.4 Å². The summed E-state index contributed by atoms with van der Waals surface area (Å²) >= 11 is 13.1. The normalized spacial score (nSPS) is 10.3. The van der Waals surface area contributed by atoms with E-state index in [4.69, 9.17) is 23.2 Å². The minimum atomic E-state index is 0.172. The van der Waals surface area contributed by atoms with Crippen molar-refractivity contribution < 1.29 is 0 Å². The smallest absolute Gasteiger partial charge is 0.224 e. The molecule has 0 saturated heterocycles. The first-order chi connectivity index (χ1) is 7.25. The number of rotatable bonds is 3. The molecular formula is C8H6Cl2N4S. The van der Waals surface area contributed by atoms with Gasteiger partial charge in [0.15, 0.2) is 0 Å². The van der Waals surface area contributed by atoms with Crippen LogP contribution < -0.4 is 5.32 Å². The second kappa shape index (κ2) is 4.74. The second-order valence-corrected chi connectivity index (χ2v) is 4.37. The van der Waals surface area contributed by atoms with Crippen molar-refractivity contribution in [3.8, 4) is 0 Å². The number of halogens is 2. The molecule has 2 heterocycles. The van der Waals surface area contributed by atoms with Gasteiger partial charge in [0, 0.05) is 11.1 Å². The molecule has 0 bridgehead atoms.